The first kappa shape index (κ1) is 20.6. The fraction of sp³-hybridized carbons (Fsp3) is 0.522. The van der Waals surface area contributed by atoms with E-state index in [0.717, 1.165) is 31.9 Å². The van der Waals surface area contributed by atoms with Gasteiger partial charge in [0.05, 0.1) is 6.54 Å². The molecule has 0 spiro atoms. The summed E-state index contributed by atoms with van der Waals surface area (Å²) in [5.41, 5.74) is 1.28. The number of carbonyl (C=O) groups is 1. The summed E-state index contributed by atoms with van der Waals surface area (Å²) in [4.78, 5) is 17.1. The van der Waals surface area contributed by atoms with Crippen LogP contribution in [-0.4, -0.2) is 47.9 Å². The van der Waals surface area contributed by atoms with Gasteiger partial charge < -0.3 is 14.6 Å². The number of nitrogens with one attached hydrogen (secondary N) is 1. The van der Waals surface area contributed by atoms with Gasteiger partial charge in [-0.05, 0) is 57.5 Å². The molecule has 0 unspecified atom stereocenters. The molecule has 1 aromatic carbocycles. The molecule has 0 atom stereocenters. The number of hydrogen-bond donors (Lipinski definition) is 1. The average molecular weight is 384 g/mol. The molecule has 2 heterocycles. The summed E-state index contributed by atoms with van der Waals surface area (Å²) < 4.78 is 5.84. The summed E-state index contributed by atoms with van der Waals surface area (Å²) in [5, 5.41) is 2.99. The second-order valence-electron chi connectivity index (χ2n) is 7.91. The number of furan rings is 1. The lowest BCUT2D eigenvalue weighted by atomic mass is 10.1. The van der Waals surface area contributed by atoms with Crippen molar-refractivity contribution in [3.63, 3.8) is 0 Å². The molecule has 0 saturated carbocycles. The van der Waals surface area contributed by atoms with Crippen LogP contribution in [0.15, 0.2) is 46.9 Å². The SMILES string of the molecule is CC(C)N(Cc1ccccc1)Cc1ccc(C(=O)NCCN2CCCCC2)o1. The molecule has 1 amide bonds. The van der Waals surface area contributed by atoms with Crippen LogP contribution in [0.3, 0.4) is 0 Å². The molecule has 5 heteroatoms. The van der Waals surface area contributed by atoms with Gasteiger partial charge >= 0.3 is 0 Å². The molecule has 28 heavy (non-hydrogen) atoms. The van der Waals surface area contributed by atoms with E-state index in [4.69, 9.17) is 4.42 Å². The lowest BCUT2D eigenvalue weighted by Crippen LogP contribution is -2.37. The zero-order chi connectivity index (χ0) is 19.8. The molecule has 0 radical (unpaired) electrons. The predicted molar refractivity (Wildman–Crippen MR) is 112 cm³/mol. The zero-order valence-electron chi connectivity index (χ0n) is 17.2. The van der Waals surface area contributed by atoms with Gasteiger partial charge in [-0.25, -0.2) is 0 Å². The fourth-order valence-corrected chi connectivity index (χ4v) is 3.62. The summed E-state index contributed by atoms with van der Waals surface area (Å²) in [5.74, 6) is 1.10. The van der Waals surface area contributed by atoms with Crippen LogP contribution in [0.1, 0.15) is 55.0 Å². The van der Waals surface area contributed by atoms with Crippen molar-refractivity contribution in [3.05, 3.63) is 59.5 Å². The number of hydrogen-bond acceptors (Lipinski definition) is 4. The minimum atomic E-state index is -0.123. The second-order valence-corrected chi connectivity index (χ2v) is 7.91. The third kappa shape index (κ3) is 6.21. The highest BCUT2D eigenvalue weighted by Crippen LogP contribution is 2.16. The van der Waals surface area contributed by atoms with Crippen molar-refractivity contribution >= 4 is 5.91 Å². The lowest BCUT2D eigenvalue weighted by molar-refractivity contribution is 0.0913. The summed E-state index contributed by atoms with van der Waals surface area (Å²) in [6.45, 7) is 9.78. The van der Waals surface area contributed by atoms with E-state index in [1.807, 2.05) is 12.1 Å². The number of carbonyl (C=O) groups excluding carboxylic acids is 1. The molecule has 2 aromatic rings. The van der Waals surface area contributed by atoms with Crippen molar-refractivity contribution in [3.8, 4) is 0 Å². The minimum absolute atomic E-state index is 0.123. The highest BCUT2D eigenvalue weighted by Gasteiger charge is 2.16. The number of benzene rings is 1. The maximum absolute atomic E-state index is 12.4. The van der Waals surface area contributed by atoms with Gasteiger partial charge in [-0.2, -0.15) is 0 Å². The van der Waals surface area contributed by atoms with Crippen molar-refractivity contribution in [1.82, 2.24) is 15.1 Å². The maximum atomic E-state index is 12.4. The Morgan fingerprint density at radius 1 is 1.07 bits per heavy atom. The van der Waals surface area contributed by atoms with Crippen LogP contribution in [-0.2, 0) is 13.1 Å². The first-order valence-electron chi connectivity index (χ1n) is 10.5. The predicted octanol–water partition coefficient (Wildman–Crippen LogP) is 3.91. The Labute approximate surface area is 168 Å². The number of nitrogens with zero attached hydrogens (tertiary/aromatic N) is 2. The highest BCUT2D eigenvalue weighted by atomic mass is 16.4. The second kappa shape index (κ2) is 10.4. The Hall–Kier alpha value is -2.11. The van der Waals surface area contributed by atoms with Crippen molar-refractivity contribution in [2.45, 2.75) is 52.2 Å². The van der Waals surface area contributed by atoms with Crippen LogP contribution in [0.4, 0.5) is 0 Å². The lowest BCUT2D eigenvalue weighted by Gasteiger charge is -2.26. The third-order valence-electron chi connectivity index (χ3n) is 5.37. The van der Waals surface area contributed by atoms with Gasteiger partial charge in [-0.15, -0.1) is 0 Å². The van der Waals surface area contributed by atoms with E-state index in [9.17, 15) is 4.79 Å². The van der Waals surface area contributed by atoms with Crippen LogP contribution in [0.25, 0.3) is 0 Å². The Morgan fingerprint density at radius 2 is 1.82 bits per heavy atom. The fourth-order valence-electron chi connectivity index (χ4n) is 3.62. The number of amides is 1. The summed E-state index contributed by atoms with van der Waals surface area (Å²) in [7, 11) is 0. The first-order valence-corrected chi connectivity index (χ1v) is 10.5. The molecule has 1 N–H and O–H groups in total. The molecule has 1 aliphatic rings. The molecule has 1 saturated heterocycles. The van der Waals surface area contributed by atoms with Crippen LogP contribution < -0.4 is 5.32 Å². The molecule has 1 aliphatic heterocycles. The largest absolute Gasteiger partial charge is 0.455 e. The van der Waals surface area contributed by atoms with Gasteiger partial charge in [0.15, 0.2) is 5.76 Å². The van der Waals surface area contributed by atoms with Crippen LogP contribution >= 0.6 is 0 Å². The van der Waals surface area contributed by atoms with E-state index in [0.29, 0.717) is 24.9 Å². The molecule has 1 fully saturated rings. The van der Waals surface area contributed by atoms with Crippen molar-refractivity contribution in [2.75, 3.05) is 26.2 Å². The van der Waals surface area contributed by atoms with Crippen LogP contribution in [0.5, 0.6) is 0 Å². The van der Waals surface area contributed by atoms with Gasteiger partial charge in [-0.1, -0.05) is 36.8 Å². The third-order valence-corrected chi connectivity index (χ3v) is 5.37. The van der Waals surface area contributed by atoms with E-state index < -0.39 is 0 Å². The molecule has 0 aliphatic carbocycles. The summed E-state index contributed by atoms with van der Waals surface area (Å²) >= 11 is 0. The molecule has 152 valence electrons. The van der Waals surface area contributed by atoms with Gasteiger partial charge in [-0.3, -0.25) is 9.69 Å². The summed E-state index contributed by atoms with van der Waals surface area (Å²) in [6.07, 6.45) is 3.87. The van der Waals surface area contributed by atoms with Crippen molar-refractivity contribution in [2.24, 2.45) is 0 Å². The average Bonchev–Trinajstić information content (AvgIpc) is 3.18. The van der Waals surface area contributed by atoms with Gasteiger partial charge in [0.25, 0.3) is 5.91 Å². The minimum Gasteiger partial charge on any atom is -0.455 e. The Morgan fingerprint density at radius 3 is 2.54 bits per heavy atom. The first-order chi connectivity index (χ1) is 13.6. The topological polar surface area (TPSA) is 48.7 Å². The Kier molecular flexibility index (Phi) is 7.69. The van der Waals surface area contributed by atoms with Crippen molar-refractivity contribution in [1.29, 1.82) is 0 Å². The van der Waals surface area contributed by atoms with Gasteiger partial charge in [0.1, 0.15) is 5.76 Å². The van der Waals surface area contributed by atoms with E-state index in [1.54, 1.807) is 6.07 Å². The zero-order valence-corrected chi connectivity index (χ0v) is 17.2. The smallest absolute Gasteiger partial charge is 0.287 e. The van der Waals surface area contributed by atoms with E-state index in [2.05, 4.69) is 53.2 Å². The van der Waals surface area contributed by atoms with Crippen LogP contribution in [0, 0.1) is 0 Å². The van der Waals surface area contributed by atoms with E-state index in [-0.39, 0.29) is 5.91 Å². The number of piperidine rings is 1. The quantitative estimate of drug-likeness (QED) is 0.713. The van der Waals surface area contributed by atoms with Gasteiger partial charge in [0.2, 0.25) is 0 Å². The normalized spacial score (nSPS) is 15.3. The Bertz CT molecular complexity index is 720. The molecular weight excluding hydrogens is 350 g/mol. The van der Waals surface area contributed by atoms with E-state index >= 15 is 0 Å². The van der Waals surface area contributed by atoms with E-state index in [1.165, 1.54) is 24.8 Å². The molecule has 0 bridgehead atoms. The monoisotopic (exact) mass is 383 g/mol. The highest BCUT2D eigenvalue weighted by molar-refractivity contribution is 5.91. The maximum Gasteiger partial charge on any atom is 0.287 e. The molecule has 3 rings (SSSR count). The van der Waals surface area contributed by atoms with Crippen molar-refractivity contribution < 1.29 is 9.21 Å². The Balaban J connectivity index is 1.49. The van der Waals surface area contributed by atoms with Gasteiger partial charge in [0, 0.05) is 25.7 Å². The molecule has 1 aromatic heterocycles. The number of rotatable bonds is 9. The number of likely N-dealkylation sites (tertiary alicyclic amines) is 1. The molecular formula is C23H33N3O2. The molecule has 5 nitrogen and oxygen atoms in total. The van der Waals surface area contributed by atoms with Crippen LogP contribution in [0.2, 0.25) is 0 Å². The summed E-state index contributed by atoms with van der Waals surface area (Å²) in [6, 6.07) is 14.5. The standard InChI is InChI=1S/C23H33N3O2/c1-19(2)26(17-20-9-5-3-6-10-20)18-21-11-12-22(28-21)23(27)24-13-16-25-14-7-4-8-15-25/h3,5-6,9-12,19H,4,7-8,13-18H2,1-2H3,(H,24,27).